The molecule has 0 aliphatic heterocycles. The van der Waals surface area contributed by atoms with Crippen molar-refractivity contribution in [3.05, 3.63) is 29.8 Å². The molecule has 1 atom stereocenters. The van der Waals surface area contributed by atoms with E-state index in [1.54, 1.807) is 0 Å². The molecule has 1 rings (SSSR count). The number of hydrogen-bond acceptors (Lipinski definition) is 1. The van der Waals surface area contributed by atoms with Crippen LogP contribution >= 0.6 is 11.6 Å². The molecule has 126 valence electrons. The Morgan fingerprint density at radius 3 is 2.00 bits per heavy atom. The summed E-state index contributed by atoms with van der Waals surface area (Å²) >= 11 is 5.93. The standard InChI is InChI=1S/C20H33ClO/c1-3-4-5-6-7-8-9-10-11-12-15-19-16-13-14-17-20(19)22-18(2)21/h13-14,16-18H,3-12,15H2,1-2H3. The second kappa shape index (κ2) is 12.8. The lowest BCUT2D eigenvalue weighted by Gasteiger charge is -2.12. The number of benzene rings is 1. The van der Waals surface area contributed by atoms with Crippen LogP contribution in [0.15, 0.2) is 24.3 Å². The van der Waals surface area contributed by atoms with Crippen LogP contribution in [0.2, 0.25) is 0 Å². The van der Waals surface area contributed by atoms with Gasteiger partial charge in [0, 0.05) is 0 Å². The summed E-state index contributed by atoms with van der Waals surface area (Å²) in [6.45, 7) is 4.13. The number of alkyl halides is 1. The van der Waals surface area contributed by atoms with Gasteiger partial charge in [-0.2, -0.15) is 0 Å². The molecule has 0 aliphatic rings. The largest absolute Gasteiger partial charge is 0.475 e. The molecule has 1 aromatic rings. The normalized spacial score (nSPS) is 12.3. The van der Waals surface area contributed by atoms with Crippen LogP contribution in [0.5, 0.6) is 5.75 Å². The molecule has 0 N–H and O–H groups in total. The second-order valence-electron chi connectivity index (χ2n) is 6.20. The van der Waals surface area contributed by atoms with Gasteiger partial charge in [-0.3, -0.25) is 0 Å². The van der Waals surface area contributed by atoms with Crippen LogP contribution in [0, 0.1) is 0 Å². The highest BCUT2D eigenvalue weighted by molar-refractivity contribution is 6.19. The number of para-hydroxylation sites is 1. The Labute approximate surface area is 142 Å². The summed E-state index contributed by atoms with van der Waals surface area (Å²) in [5, 5.41) is 0. The summed E-state index contributed by atoms with van der Waals surface area (Å²) in [4.78, 5) is 0. The van der Waals surface area contributed by atoms with E-state index in [4.69, 9.17) is 16.3 Å². The number of hydrogen-bond donors (Lipinski definition) is 0. The number of ether oxygens (including phenoxy) is 1. The highest BCUT2D eigenvalue weighted by Gasteiger charge is 2.05. The first-order chi connectivity index (χ1) is 10.7. The van der Waals surface area contributed by atoms with E-state index in [1.165, 1.54) is 69.8 Å². The van der Waals surface area contributed by atoms with E-state index in [0.717, 1.165) is 12.2 Å². The van der Waals surface area contributed by atoms with Crippen molar-refractivity contribution in [1.82, 2.24) is 0 Å². The molecular weight excluding hydrogens is 292 g/mol. The summed E-state index contributed by atoms with van der Waals surface area (Å²) in [5.74, 6) is 0.945. The van der Waals surface area contributed by atoms with Gasteiger partial charge >= 0.3 is 0 Å². The number of aryl methyl sites for hydroxylation is 1. The van der Waals surface area contributed by atoms with Crippen LogP contribution in [-0.4, -0.2) is 5.56 Å². The van der Waals surface area contributed by atoms with Crippen LogP contribution in [0.1, 0.15) is 83.6 Å². The van der Waals surface area contributed by atoms with Crippen molar-refractivity contribution in [3.8, 4) is 5.75 Å². The number of halogens is 1. The maximum absolute atomic E-state index is 5.93. The molecule has 1 unspecified atom stereocenters. The molecule has 0 radical (unpaired) electrons. The fraction of sp³-hybridized carbons (Fsp3) is 0.700. The molecule has 22 heavy (non-hydrogen) atoms. The van der Waals surface area contributed by atoms with Crippen molar-refractivity contribution in [2.45, 2.75) is 90.0 Å². The Morgan fingerprint density at radius 2 is 1.41 bits per heavy atom. The van der Waals surface area contributed by atoms with Crippen LogP contribution in [0.3, 0.4) is 0 Å². The summed E-state index contributed by atoms with van der Waals surface area (Å²) in [6.07, 6.45) is 14.8. The van der Waals surface area contributed by atoms with Gasteiger partial charge in [-0.25, -0.2) is 0 Å². The topological polar surface area (TPSA) is 9.23 Å². The third-order valence-corrected chi connectivity index (χ3v) is 4.15. The predicted molar refractivity (Wildman–Crippen MR) is 97.9 cm³/mol. The van der Waals surface area contributed by atoms with Crippen molar-refractivity contribution in [3.63, 3.8) is 0 Å². The lowest BCUT2D eigenvalue weighted by molar-refractivity contribution is 0.297. The minimum Gasteiger partial charge on any atom is -0.475 e. The Bertz CT molecular complexity index is 376. The van der Waals surface area contributed by atoms with Crippen LogP contribution in [-0.2, 0) is 6.42 Å². The highest BCUT2D eigenvalue weighted by Crippen LogP contribution is 2.22. The minimum absolute atomic E-state index is 0.270. The molecule has 0 aromatic heterocycles. The smallest absolute Gasteiger partial charge is 0.169 e. The van der Waals surface area contributed by atoms with Crippen LogP contribution in [0.4, 0.5) is 0 Å². The van der Waals surface area contributed by atoms with Gasteiger partial charge in [-0.05, 0) is 31.4 Å². The van der Waals surface area contributed by atoms with E-state index < -0.39 is 0 Å². The zero-order valence-electron chi connectivity index (χ0n) is 14.5. The summed E-state index contributed by atoms with van der Waals surface area (Å²) < 4.78 is 5.65. The van der Waals surface area contributed by atoms with Gasteiger partial charge < -0.3 is 4.74 Å². The van der Waals surface area contributed by atoms with Crippen molar-refractivity contribution < 1.29 is 4.74 Å². The second-order valence-corrected chi connectivity index (χ2v) is 6.82. The van der Waals surface area contributed by atoms with Gasteiger partial charge in [0.2, 0.25) is 0 Å². The average Bonchev–Trinajstić information content (AvgIpc) is 2.50. The molecule has 0 spiro atoms. The quantitative estimate of drug-likeness (QED) is 0.277. The molecule has 0 amide bonds. The van der Waals surface area contributed by atoms with Crippen LogP contribution in [0.25, 0.3) is 0 Å². The van der Waals surface area contributed by atoms with E-state index in [0.29, 0.717) is 0 Å². The van der Waals surface area contributed by atoms with Gasteiger partial charge in [-0.1, -0.05) is 94.5 Å². The monoisotopic (exact) mass is 324 g/mol. The highest BCUT2D eigenvalue weighted by atomic mass is 35.5. The Balaban J connectivity index is 2.07. The molecule has 0 saturated heterocycles. The van der Waals surface area contributed by atoms with E-state index >= 15 is 0 Å². The van der Waals surface area contributed by atoms with E-state index in [-0.39, 0.29) is 5.56 Å². The first-order valence-electron chi connectivity index (χ1n) is 9.12. The molecule has 1 nitrogen and oxygen atoms in total. The average molecular weight is 325 g/mol. The zero-order chi connectivity index (χ0) is 16.0. The number of unbranched alkanes of at least 4 members (excludes halogenated alkanes) is 9. The zero-order valence-corrected chi connectivity index (χ0v) is 15.2. The molecule has 0 saturated carbocycles. The van der Waals surface area contributed by atoms with Gasteiger partial charge in [0.25, 0.3) is 0 Å². The van der Waals surface area contributed by atoms with Gasteiger partial charge in [0.15, 0.2) is 5.56 Å². The maximum atomic E-state index is 5.93. The van der Waals surface area contributed by atoms with Gasteiger partial charge in [0.1, 0.15) is 5.75 Å². The first kappa shape index (κ1) is 19.4. The molecule has 0 aliphatic carbocycles. The molecule has 0 bridgehead atoms. The molecule has 2 heteroatoms. The fourth-order valence-corrected chi connectivity index (χ4v) is 2.90. The van der Waals surface area contributed by atoms with Crippen molar-refractivity contribution >= 4 is 11.6 Å². The third-order valence-electron chi connectivity index (χ3n) is 4.06. The SMILES string of the molecule is CCCCCCCCCCCCc1ccccc1OC(C)Cl. The Kier molecular flexibility index (Phi) is 11.3. The first-order valence-corrected chi connectivity index (χ1v) is 9.56. The lowest BCUT2D eigenvalue weighted by Crippen LogP contribution is -2.04. The minimum atomic E-state index is -0.270. The van der Waals surface area contributed by atoms with E-state index in [2.05, 4.69) is 19.1 Å². The molecular formula is C20H33ClO. The van der Waals surface area contributed by atoms with Gasteiger partial charge in [0.05, 0.1) is 0 Å². The predicted octanol–water partition coefficient (Wildman–Crippen LogP) is 7.11. The number of rotatable bonds is 13. The summed E-state index contributed by atoms with van der Waals surface area (Å²) in [6, 6.07) is 8.26. The van der Waals surface area contributed by atoms with Crippen molar-refractivity contribution in [1.29, 1.82) is 0 Å². The van der Waals surface area contributed by atoms with Gasteiger partial charge in [-0.15, -0.1) is 0 Å². The molecule has 0 fully saturated rings. The van der Waals surface area contributed by atoms with E-state index in [9.17, 15) is 0 Å². The summed E-state index contributed by atoms with van der Waals surface area (Å²) in [5.41, 5.74) is 1.02. The molecule has 0 heterocycles. The molecule has 1 aromatic carbocycles. The lowest BCUT2D eigenvalue weighted by atomic mass is 10.0. The Morgan fingerprint density at radius 1 is 0.864 bits per heavy atom. The maximum Gasteiger partial charge on any atom is 0.169 e. The third kappa shape index (κ3) is 9.35. The van der Waals surface area contributed by atoms with Crippen LogP contribution < -0.4 is 4.74 Å². The van der Waals surface area contributed by atoms with Crippen molar-refractivity contribution in [2.24, 2.45) is 0 Å². The Hall–Kier alpha value is -0.690. The van der Waals surface area contributed by atoms with E-state index in [1.807, 2.05) is 19.1 Å². The van der Waals surface area contributed by atoms with Crippen molar-refractivity contribution in [2.75, 3.05) is 0 Å². The summed E-state index contributed by atoms with van der Waals surface area (Å²) in [7, 11) is 0. The fourth-order valence-electron chi connectivity index (χ4n) is 2.80.